The van der Waals surface area contributed by atoms with Crippen LogP contribution in [0.2, 0.25) is 0 Å². The van der Waals surface area contributed by atoms with E-state index in [0.717, 1.165) is 38.2 Å². The Morgan fingerprint density at radius 1 is 1.36 bits per heavy atom. The second kappa shape index (κ2) is 7.63. The van der Waals surface area contributed by atoms with E-state index in [1.807, 2.05) is 6.07 Å². The molecule has 1 aliphatic heterocycles. The number of piperidine rings is 1. The molecule has 0 amide bonds. The van der Waals surface area contributed by atoms with Crippen molar-refractivity contribution in [3.8, 4) is 5.75 Å². The second-order valence-electron chi connectivity index (χ2n) is 6.48. The molecule has 0 bridgehead atoms. The fraction of sp³-hybridized carbons (Fsp3) is 0.611. The minimum Gasteiger partial charge on any atom is -0.492 e. The summed E-state index contributed by atoms with van der Waals surface area (Å²) in [6, 6.07) is 6.29. The minimum absolute atomic E-state index is 0.164. The van der Waals surface area contributed by atoms with E-state index in [1.54, 1.807) is 0 Å². The average Bonchev–Trinajstić information content (AvgIpc) is 2.47. The molecule has 0 aliphatic carbocycles. The van der Waals surface area contributed by atoms with Crippen molar-refractivity contribution in [3.05, 3.63) is 29.3 Å². The maximum absolute atomic E-state index is 10.9. The minimum atomic E-state index is -0.656. The summed E-state index contributed by atoms with van der Waals surface area (Å²) in [5, 5.41) is 8.99. The molecule has 0 aromatic heterocycles. The number of nitrogens with zero attached hydrogens (tertiary/aromatic N) is 1. The Bertz CT molecular complexity index is 505. The van der Waals surface area contributed by atoms with Crippen molar-refractivity contribution < 1.29 is 14.6 Å². The SMILES string of the molecule is Cc1cc(OCCN2CCC(C(=O)O)CC2)ccc1C(C)C. The molecule has 0 saturated carbocycles. The van der Waals surface area contributed by atoms with Gasteiger partial charge >= 0.3 is 5.97 Å². The summed E-state index contributed by atoms with van der Waals surface area (Å²) in [7, 11) is 0. The van der Waals surface area contributed by atoms with E-state index in [2.05, 4.69) is 37.8 Å². The van der Waals surface area contributed by atoms with E-state index in [1.165, 1.54) is 11.1 Å². The summed E-state index contributed by atoms with van der Waals surface area (Å²) in [5.41, 5.74) is 2.64. The Morgan fingerprint density at radius 2 is 2.05 bits per heavy atom. The van der Waals surface area contributed by atoms with E-state index in [-0.39, 0.29) is 5.92 Å². The summed E-state index contributed by atoms with van der Waals surface area (Å²) in [4.78, 5) is 13.2. The number of hydrogen-bond donors (Lipinski definition) is 1. The van der Waals surface area contributed by atoms with Crippen molar-refractivity contribution >= 4 is 5.97 Å². The first-order chi connectivity index (χ1) is 10.5. The normalized spacial score (nSPS) is 16.9. The van der Waals surface area contributed by atoms with Crippen LogP contribution < -0.4 is 4.74 Å². The summed E-state index contributed by atoms with van der Waals surface area (Å²) in [6.45, 7) is 9.74. The molecule has 0 spiro atoms. The predicted octanol–water partition coefficient (Wildman–Crippen LogP) is 3.29. The molecule has 1 heterocycles. The van der Waals surface area contributed by atoms with Crippen LogP contribution in [0.25, 0.3) is 0 Å². The lowest BCUT2D eigenvalue weighted by Crippen LogP contribution is -2.38. The molecule has 1 N–H and O–H groups in total. The number of hydrogen-bond acceptors (Lipinski definition) is 3. The van der Waals surface area contributed by atoms with Crippen LogP contribution in [0.4, 0.5) is 0 Å². The van der Waals surface area contributed by atoms with Gasteiger partial charge in [0.1, 0.15) is 12.4 Å². The number of carboxylic acid groups (broad SMARTS) is 1. The lowest BCUT2D eigenvalue weighted by Gasteiger charge is -2.29. The number of aryl methyl sites for hydroxylation is 1. The molecule has 4 nitrogen and oxygen atoms in total. The van der Waals surface area contributed by atoms with Crippen molar-refractivity contribution in [2.45, 2.75) is 39.5 Å². The Kier molecular flexibility index (Phi) is 5.83. The zero-order chi connectivity index (χ0) is 16.1. The van der Waals surface area contributed by atoms with E-state index >= 15 is 0 Å². The second-order valence-corrected chi connectivity index (χ2v) is 6.48. The Morgan fingerprint density at radius 3 is 2.59 bits per heavy atom. The number of carbonyl (C=O) groups is 1. The van der Waals surface area contributed by atoms with Gasteiger partial charge in [0.25, 0.3) is 0 Å². The third-order valence-corrected chi connectivity index (χ3v) is 4.48. The first-order valence-electron chi connectivity index (χ1n) is 8.16. The lowest BCUT2D eigenvalue weighted by atomic mass is 9.97. The monoisotopic (exact) mass is 305 g/mol. The molecule has 2 rings (SSSR count). The summed E-state index contributed by atoms with van der Waals surface area (Å²) < 4.78 is 5.84. The highest BCUT2D eigenvalue weighted by Gasteiger charge is 2.24. The van der Waals surface area contributed by atoms with E-state index in [0.29, 0.717) is 12.5 Å². The molecule has 122 valence electrons. The maximum Gasteiger partial charge on any atom is 0.306 e. The molecule has 22 heavy (non-hydrogen) atoms. The van der Waals surface area contributed by atoms with Gasteiger partial charge in [-0.15, -0.1) is 0 Å². The van der Waals surface area contributed by atoms with Gasteiger partial charge in [0.2, 0.25) is 0 Å². The molecule has 1 aromatic rings. The lowest BCUT2D eigenvalue weighted by molar-refractivity contribution is -0.143. The topological polar surface area (TPSA) is 49.8 Å². The van der Waals surface area contributed by atoms with Gasteiger partial charge in [-0.2, -0.15) is 0 Å². The van der Waals surface area contributed by atoms with Crippen LogP contribution >= 0.6 is 0 Å². The number of likely N-dealkylation sites (tertiary alicyclic amines) is 1. The Balaban J connectivity index is 1.75. The predicted molar refractivity (Wildman–Crippen MR) is 87.6 cm³/mol. The van der Waals surface area contributed by atoms with Crippen LogP contribution in [-0.4, -0.2) is 42.2 Å². The molecule has 0 atom stereocenters. The third kappa shape index (κ3) is 4.47. The Labute approximate surface area is 133 Å². The number of rotatable bonds is 6. The molecular weight excluding hydrogens is 278 g/mol. The van der Waals surface area contributed by atoms with Gasteiger partial charge < -0.3 is 9.84 Å². The molecule has 0 unspecified atom stereocenters. The smallest absolute Gasteiger partial charge is 0.306 e. The molecule has 4 heteroatoms. The van der Waals surface area contributed by atoms with Crippen molar-refractivity contribution in [1.82, 2.24) is 4.90 Å². The number of ether oxygens (including phenoxy) is 1. The van der Waals surface area contributed by atoms with Crippen molar-refractivity contribution in [3.63, 3.8) is 0 Å². The van der Waals surface area contributed by atoms with Gasteiger partial charge in [-0.05, 0) is 62.0 Å². The largest absolute Gasteiger partial charge is 0.492 e. The van der Waals surface area contributed by atoms with Gasteiger partial charge in [-0.3, -0.25) is 9.69 Å². The van der Waals surface area contributed by atoms with Crippen molar-refractivity contribution in [1.29, 1.82) is 0 Å². The average molecular weight is 305 g/mol. The molecule has 1 saturated heterocycles. The van der Waals surface area contributed by atoms with Crippen LogP contribution in [0.3, 0.4) is 0 Å². The fourth-order valence-electron chi connectivity index (χ4n) is 3.08. The zero-order valence-corrected chi connectivity index (χ0v) is 13.8. The molecular formula is C18H27NO3. The summed E-state index contributed by atoms with van der Waals surface area (Å²) in [6.07, 6.45) is 1.50. The molecule has 1 aliphatic rings. The van der Waals surface area contributed by atoms with Gasteiger partial charge in [0.05, 0.1) is 5.92 Å². The number of benzene rings is 1. The fourth-order valence-corrected chi connectivity index (χ4v) is 3.08. The van der Waals surface area contributed by atoms with E-state index in [4.69, 9.17) is 9.84 Å². The maximum atomic E-state index is 10.9. The van der Waals surface area contributed by atoms with Crippen LogP contribution in [0.1, 0.15) is 43.7 Å². The summed E-state index contributed by atoms with van der Waals surface area (Å²) >= 11 is 0. The van der Waals surface area contributed by atoms with Gasteiger partial charge in [-0.25, -0.2) is 0 Å². The zero-order valence-electron chi connectivity index (χ0n) is 13.8. The Hall–Kier alpha value is -1.55. The van der Waals surface area contributed by atoms with Crippen molar-refractivity contribution in [2.75, 3.05) is 26.2 Å². The van der Waals surface area contributed by atoms with Crippen LogP contribution in [0.5, 0.6) is 5.75 Å². The van der Waals surface area contributed by atoms with Crippen molar-refractivity contribution in [2.24, 2.45) is 5.92 Å². The highest BCUT2D eigenvalue weighted by atomic mass is 16.5. The third-order valence-electron chi connectivity index (χ3n) is 4.48. The molecule has 1 aromatic carbocycles. The quantitative estimate of drug-likeness (QED) is 0.876. The number of carboxylic acids is 1. The van der Waals surface area contributed by atoms with Crippen LogP contribution in [0, 0.1) is 12.8 Å². The molecule has 1 fully saturated rings. The van der Waals surface area contributed by atoms with Gasteiger partial charge in [0, 0.05) is 6.54 Å². The first-order valence-corrected chi connectivity index (χ1v) is 8.16. The van der Waals surface area contributed by atoms with E-state index in [9.17, 15) is 4.79 Å². The first kappa shape index (κ1) is 16.8. The van der Waals surface area contributed by atoms with Crippen LogP contribution in [-0.2, 0) is 4.79 Å². The standard InChI is InChI=1S/C18H27NO3/c1-13(2)17-5-4-16(12-14(17)3)22-11-10-19-8-6-15(7-9-19)18(20)21/h4-5,12-13,15H,6-11H2,1-3H3,(H,20,21). The van der Waals surface area contributed by atoms with Gasteiger partial charge in [0.15, 0.2) is 0 Å². The molecule has 0 radical (unpaired) electrons. The number of aliphatic carboxylic acids is 1. The van der Waals surface area contributed by atoms with E-state index < -0.39 is 5.97 Å². The van der Waals surface area contributed by atoms with Gasteiger partial charge in [-0.1, -0.05) is 19.9 Å². The summed E-state index contributed by atoms with van der Waals surface area (Å²) in [5.74, 6) is 0.631. The highest BCUT2D eigenvalue weighted by molar-refractivity contribution is 5.70. The van der Waals surface area contributed by atoms with Crippen LogP contribution in [0.15, 0.2) is 18.2 Å². The highest BCUT2D eigenvalue weighted by Crippen LogP contribution is 2.23.